The highest BCUT2D eigenvalue weighted by molar-refractivity contribution is 6.08. The molecule has 0 bridgehead atoms. The Morgan fingerprint density at radius 2 is 2.12 bits per heavy atom. The number of carbonyl (C=O) groups excluding carboxylic acids is 1. The molecule has 2 aromatic rings. The van der Waals surface area contributed by atoms with E-state index >= 15 is 0 Å². The van der Waals surface area contributed by atoms with E-state index in [0.717, 1.165) is 37.2 Å². The van der Waals surface area contributed by atoms with Crippen molar-refractivity contribution in [1.82, 2.24) is 4.98 Å². The van der Waals surface area contributed by atoms with Crippen molar-refractivity contribution in [3.8, 4) is 0 Å². The monoisotopic (exact) mass is 323 g/mol. The normalized spacial score (nSPS) is 16.1. The van der Waals surface area contributed by atoms with E-state index in [2.05, 4.69) is 36.8 Å². The van der Waals surface area contributed by atoms with Crippen molar-refractivity contribution in [2.75, 3.05) is 23.4 Å². The number of rotatable bonds is 5. The summed E-state index contributed by atoms with van der Waals surface area (Å²) in [5.74, 6) is 0.0330. The molecule has 1 atom stereocenters. The van der Waals surface area contributed by atoms with Crippen molar-refractivity contribution in [1.29, 1.82) is 0 Å². The van der Waals surface area contributed by atoms with Crippen molar-refractivity contribution >= 4 is 17.3 Å². The lowest BCUT2D eigenvalue weighted by Crippen LogP contribution is -2.35. The number of amides is 1. The summed E-state index contributed by atoms with van der Waals surface area (Å²) in [6, 6.07) is 10.3. The van der Waals surface area contributed by atoms with E-state index in [-0.39, 0.29) is 11.9 Å². The summed E-state index contributed by atoms with van der Waals surface area (Å²) in [6.07, 6.45) is 6.69. The zero-order valence-electron chi connectivity index (χ0n) is 14.7. The summed E-state index contributed by atoms with van der Waals surface area (Å²) in [5, 5.41) is 0. The van der Waals surface area contributed by atoms with Crippen molar-refractivity contribution in [3.63, 3.8) is 0 Å². The molecule has 4 nitrogen and oxygen atoms in total. The van der Waals surface area contributed by atoms with Crippen molar-refractivity contribution in [2.24, 2.45) is 0 Å². The Hall–Kier alpha value is -2.36. The molecule has 0 spiro atoms. The fourth-order valence-corrected chi connectivity index (χ4v) is 3.29. The zero-order chi connectivity index (χ0) is 17.1. The lowest BCUT2D eigenvalue weighted by molar-refractivity contribution is 0.0981. The average molecular weight is 323 g/mol. The fourth-order valence-electron chi connectivity index (χ4n) is 3.29. The molecule has 1 unspecified atom stereocenters. The van der Waals surface area contributed by atoms with Crippen LogP contribution in [0.5, 0.6) is 0 Å². The molecule has 0 fully saturated rings. The van der Waals surface area contributed by atoms with Gasteiger partial charge in [-0.15, -0.1) is 0 Å². The first kappa shape index (κ1) is 16.5. The van der Waals surface area contributed by atoms with Crippen LogP contribution in [0.25, 0.3) is 0 Å². The van der Waals surface area contributed by atoms with Crippen LogP contribution < -0.4 is 9.80 Å². The van der Waals surface area contributed by atoms with Gasteiger partial charge in [-0.2, -0.15) is 0 Å². The van der Waals surface area contributed by atoms with E-state index in [9.17, 15) is 4.79 Å². The average Bonchev–Trinajstić information content (AvgIpc) is 2.94. The summed E-state index contributed by atoms with van der Waals surface area (Å²) in [4.78, 5) is 21.4. The molecule has 1 aromatic carbocycles. The van der Waals surface area contributed by atoms with Crippen molar-refractivity contribution in [2.45, 2.75) is 39.2 Å². The number of pyridine rings is 1. The molecule has 0 N–H and O–H groups in total. The maximum Gasteiger partial charge on any atom is 0.260 e. The summed E-state index contributed by atoms with van der Waals surface area (Å²) >= 11 is 0. The van der Waals surface area contributed by atoms with Crippen molar-refractivity contribution < 1.29 is 4.79 Å². The number of aromatic nitrogens is 1. The third-order valence-electron chi connectivity index (χ3n) is 4.68. The Bertz CT molecular complexity index is 728. The first-order chi connectivity index (χ1) is 11.6. The van der Waals surface area contributed by atoms with Crippen LogP contribution in [0.2, 0.25) is 0 Å². The largest absolute Gasteiger partial charge is 0.373 e. The van der Waals surface area contributed by atoms with E-state index in [1.807, 2.05) is 35.4 Å². The number of fused-ring (bicyclic) bond motifs is 1. The maximum absolute atomic E-state index is 13.1. The highest BCUT2D eigenvalue weighted by atomic mass is 16.2. The Kier molecular flexibility index (Phi) is 4.84. The van der Waals surface area contributed by atoms with E-state index in [1.165, 1.54) is 5.56 Å². The standard InChI is InChI=1S/C20H25N3O/c1-4-5-10-22(3)18-12-17(13-21-14-18)20(24)23-15(2)11-16-8-6-7-9-19(16)23/h6-9,12-15H,4-5,10-11H2,1-3H3. The number of hydrogen-bond acceptors (Lipinski definition) is 3. The molecule has 2 heterocycles. The van der Waals surface area contributed by atoms with Gasteiger partial charge in [0.05, 0.1) is 17.4 Å². The van der Waals surface area contributed by atoms with Gasteiger partial charge in [0.1, 0.15) is 0 Å². The number of carbonyl (C=O) groups is 1. The van der Waals surface area contributed by atoms with Gasteiger partial charge in [0.15, 0.2) is 0 Å². The van der Waals surface area contributed by atoms with Gasteiger partial charge in [-0.1, -0.05) is 31.5 Å². The van der Waals surface area contributed by atoms with Gasteiger partial charge in [0.25, 0.3) is 5.91 Å². The van der Waals surface area contributed by atoms with Crippen LogP contribution in [0.15, 0.2) is 42.7 Å². The highest BCUT2D eigenvalue weighted by Gasteiger charge is 2.31. The fraction of sp³-hybridized carbons (Fsp3) is 0.400. The Morgan fingerprint density at radius 1 is 1.33 bits per heavy atom. The van der Waals surface area contributed by atoms with Gasteiger partial charge in [0, 0.05) is 31.5 Å². The van der Waals surface area contributed by atoms with Gasteiger partial charge in [-0.05, 0) is 37.5 Å². The molecule has 0 saturated carbocycles. The minimum atomic E-state index is 0.0330. The predicted molar refractivity (Wildman–Crippen MR) is 98.8 cm³/mol. The molecule has 0 radical (unpaired) electrons. The number of anilines is 2. The molecule has 1 aromatic heterocycles. The second-order valence-corrected chi connectivity index (χ2v) is 6.56. The van der Waals surface area contributed by atoms with Gasteiger partial charge in [-0.25, -0.2) is 0 Å². The highest BCUT2D eigenvalue weighted by Crippen LogP contribution is 2.33. The molecular weight excluding hydrogens is 298 g/mol. The summed E-state index contributed by atoms with van der Waals surface area (Å²) in [6.45, 7) is 5.25. The van der Waals surface area contributed by atoms with Gasteiger partial charge in [-0.3, -0.25) is 9.78 Å². The molecule has 0 saturated heterocycles. The van der Waals surface area contributed by atoms with Crippen LogP contribution in [0, 0.1) is 0 Å². The molecule has 1 aliphatic rings. The zero-order valence-corrected chi connectivity index (χ0v) is 14.7. The lowest BCUT2D eigenvalue weighted by Gasteiger charge is -2.24. The number of unbranched alkanes of at least 4 members (excludes halogenated alkanes) is 1. The number of hydrogen-bond donors (Lipinski definition) is 0. The van der Waals surface area contributed by atoms with Crippen LogP contribution in [-0.4, -0.2) is 30.5 Å². The molecule has 1 amide bonds. The topological polar surface area (TPSA) is 36.4 Å². The van der Waals surface area contributed by atoms with Gasteiger partial charge in [0.2, 0.25) is 0 Å². The quantitative estimate of drug-likeness (QED) is 0.837. The minimum absolute atomic E-state index is 0.0330. The Labute approximate surface area is 144 Å². The summed E-state index contributed by atoms with van der Waals surface area (Å²) in [7, 11) is 2.05. The number of nitrogens with zero attached hydrogens (tertiary/aromatic N) is 3. The molecule has 3 rings (SSSR count). The van der Waals surface area contributed by atoms with E-state index < -0.39 is 0 Å². The van der Waals surface area contributed by atoms with E-state index in [1.54, 1.807) is 6.20 Å². The van der Waals surface area contributed by atoms with E-state index in [0.29, 0.717) is 5.56 Å². The number of benzene rings is 1. The molecule has 4 heteroatoms. The van der Waals surface area contributed by atoms with Crippen LogP contribution in [0.3, 0.4) is 0 Å². The maximum atomic E-state index is 13.1. The van der Waals surface area contributed by atoms with Crippen LogP contribution >= 0.6 is 0 Å². The van der Waals surface area contributed by atoms with Gasteiger partial charge >= 0.3 is 0 Å². The summed E-state index contributed by atoms with van der Waals surface area (Å²) in [5.41, 5.74) is 3.91. The molecule has 24 heavy (non-hydrogen) atoms. The van der Waals surface area contributed by atoms with Crippen molar-refractivity contribution in [3.05, 3.63) is 53.9 Å². The predicted octanol–water partition coefficient (Wildman–Crippen LogP) is 3.91. The molecule has 1 aliphatic heterocycles. The Balaban J connectivity index is 1.86. The number of para-hydroxylation sites is 1. The van der Waals surface area contributed by atoms with Crippen LogP contribution in [0.4, 0.5) is 11.4 Å². The van der Waals surface area contributed by atoms with Gasteiger partial charge < -0.3 is 9.80 Å². The molecule has 0 aliphatic carbocycles. The summed E-state index contributed by atoms with van der Waals surface area (Å²) < 4.78 is 0. The second kappa shape index (κ2) is 7.04. The Morgan fingerprint density at radius 3 is 2.92 bits per heavy atom. The van der Waals surface area contributed by atoms with Crippen LogP contribution in [0.1, 0.15) is 42.6 Å². The SMILES string of the molecule is CCCCN(C)c1cncc(C(=O)N2c3ccccc3CC2C)c1. The molecule has 126 valence electrons. The van der Waals surface area contributed by atoms with Crippen LogP contribution in [-0.2, 0) is 6.42 Å². The lowest BCUT2D eigenvalue weighted by atomic mass is 10.1. The molecular formula is C20H25N3O. The van der Waals surface area contributed by atoms with E-state index in [4.69, 9.17) is 0 Å². The third kappa shape index (κ3) is 3.14. The minimum Gasteiger partial charge on any atom is -0.373 e. The first-order valence-electron chi connectivity index (χ1n) is 8.69. The smallest absolute Gasteiger partial charge is 0.260 e. The third-order valence-corrected chi connectivity index (χ3v) is 4.68. The first-order valence-corrected chi connectivity index (χ1v) is 8.69. The second-order valence-electron chi connectivity index (χ2n) is 6.56.